The van der Waals surface area contributed by atoms with Gasteiger partial charge in [-0.2, -0.15) is 0 Å². The minimum absolute atomic E-state index is 0.196. The zero-order valence-corrected chi connectivity index (χ0v) is 13.4. The Balaban J connectivity index is 2.80. The number of ether oxygens (including phenoxy) is 1. The largest absolute Gasteiger partial charge is 0.476 e. The molecule has 1 aromatic heterocycles. The van der Waals surface area contributed by atoms with Crippen LogP contribution in [0.3, 0.4) is 0 Å². The van der Waals surface area contributed by atoms with E-state index in [4.69, 9.17) is 14.7 Å². The Bertz CT molecular complexity index is 559. The lowest BCUT2D eigenvalue weighted by Crippen LogP contribution is -2.31. The number of hydrogen-bond acceptors (Lipinski definition) is 7. The van der Waals surface area contributed by atoms with Crippen molar-refractivity contribution in [1.29, 1.82) is 0 Å². The number of aryl methyl sites for hydroxylation is 1. The number of oxime groups is 1. The number of carbonyl (C=O) groups is 2. The second-order valence-corrected chi connectivity index (χ2v) is 6.34. The molecule has 0 aliphatic heterocycles. The summed E-state index contributed by atoms with van der Waals surface area (Å²) in [6, 6.07) is 0. The summed E-state index contributed by atoms with van der Waals surface area (Å²) in [7, 11) is 0. The van der Waals surface area contributed by atoms with Crippen molar-refractivity contribution in [2.24, 2.45) is 5.16 Å². The first-order valence-electron chi connectivity index (χ1n) is 6.22. The molecule has 21 heavy (non-hydrogen) atoms. The number of aliphatic carboxylic acids is 1. The average molecular weight is 314 g/mol. The van der Waals surface area contributed by atoms with Crippen LogP contribution in [0.25, 0.3) is 0 Å². The van der Waals surface area contributed by atoms with Gasteiger partial charge in [-0.15, -0.1) is 11.3 Å². The van der Waals surface area contributed by atoms with Gasteiger partial charge in [0.25, 0.3) is 0 Å². The van der Waals surface area contributed by atoms with E-state index in [1.807, 2.05) is 0 Å². The van der Waals surface area contributed by atoms with Gasteiger partial charge in [0.05, 0.1) is 5.01 Å². The van der Waals surface area contributed by atoms with Crippen LogP contribution in [0, 0.1) is 6.92 Å². The summed E-state index contributed by atoms with van der Waals surface area (Å²) in [5.74, 6) is -1.90. The van der Waals surface area contributed by atoms with Crippen LogP contribution in [-0.4, -0.2) is 39.4 Å². The van der Waals surface area contributed by atoms with E-state index in [2.05, 4.69) is 10.1 Å². The molecular weight excluding hydrogens is 296 g/mol. The Morgan fingerprint density at radius 3 is 2.48 bits per heavy atom. The number of aromatic nitrogens is 1. The van der Waals surface area contributed by atoms with Crippen molar-refractivity contribution in [3.8, 4) is 0 Å². The van der Waals surface area contributed by atoms with Gasteiger partial charge in [0, 0.05) is 5.38 Å². The Morgan fingerprint density at radius 2 is 2.05 bits per heavy atom. The summed E-state index contributed by atoms with van der Waals surface area (Å²) in [5, 5.41) is 14.9. The Labute approximate surface area is 126 Å². The van der Waals surface area contributed by atoms with E-state index in [1.165, 1.54) is 18.3 Å². The van der Waals surface area contributed by atoms with Crippen LogP contribution in [0.15, 0.2) is 10.5 Å². The van der Waals surface area contributed by atoms with E-state index in [0.29, 0.717) is 5.01 Å². The number of esters is 1. The molecule has 0 spiro atoms. The fourth-order valence-electron chi connectivity index (χ4n) is 1.23. The van der Waals surface area contributed by atoms with Gasteiger partial charge in [0.1, 0.15) is 11.3 Å². The van der Waals surface area contributed by atoms with E-state index in [9.17, 15) is 9.59 Å². The molecule has 0 aliphatic carbocycles. The van der Waals surface area contributed by atoms with Crippen molar-refractivity contribution in [1.82, 2.24) is 4.98 Å². The van der Waals surface area contributed by atoms with Crippen molar-refractivity contribution < 1.29 is 24.3 Å². The molecule has 0 aliphatic rings. The summed E-state index contributed by atoms with van der Waals surface area (Å²) in [6.07, 6.45) is -1.02. The van der Waals surface area contributed by atoms with E-state index in [-0.39, 0.29) is 11.4 Å². The molecule has 0 bridgehead atoms. The van der Waals surface area contributed by atoms with E-state index in [0.717, 1.165) is 0 Å². The predicted octanol–water partition coefficient (Wildman–Crippen LogP) is 1.99. The Kier molecular flexibility index (Phi) is 5.42. The quantitative estimate of drug-likeness (QED) is 0.507. The first-order valence-corrected chi connectivity index (χ1v) is 7.10. The topological polar surface area (TPSA) is 98.1 Å². The molecule has 0 saturated carbocycles. The SMILES string of the molecule is Cc1nc(/C(=N/OC(C)C(=O)OC(C)(C)C)C(=O)O)cs1. The number of carboxylic acids is 1. The molecule has 7 nitrogen and oxygen atoms in total. The highest BCUT2D eigenvalue weighted by Crippen LogP contribution is 2.12. The minimum atomic E-state index is -1.28. The lowest BCUT2D eigenvalue weighted by Gasteiger charge is -2.21. The van der Waals surface area contributed by atoms with Gasteiger partial charge < -0.3 is 14.7 Å². The van der Waals surface area contributed by atoms with E-state index in [1.54, 1.807) is 33.1 Å². The van der Waals surface area contributed by atoms with Crippen LogP contribution in [0.4, 0.5) is 0 Å². The predicted molar refractivity (Wildman–Crippen MR) is 77.4 cm³/mol. The first-order chi connectivity index (χ1) is 9.60. The van der Waals surface area contributed by atoms with E-state index >= 15 is 0 Å². The molecule has 0 radical (unpaired) electrons. The van der Waals surface area contributed by atoms with Gasteiger partial charge in [0.2, 0.25) is 11.8 Å². The third-order valence-corrected chi connectivity index (χ3v) is 2.88. The third-order valence-electron chi connectivity index (χ3n) is 2.11. The highest BCUT2D eigenvalue weighted by Gasteiger charge is 2.24. The molecule has 1 rings (SSSR count). The van der Waals surface area contributed by atoms with Crippen LogP contribution in [0.5, 0.6) is 0 Å². The van der Waals surface area contributed by atoms with Crippen LogP contribution in [0.2, 0.25) is 0 Å². The van der Waals surface area contributed by atoms with Crippen LogP contribution < -0.4 is 0 Å². The highest BCUT2D eigenvalue weighted by atomic mass is 32.1. The molecular formula is C13H18N2O5S. The molecule has 8 heteroatoms. The smallest absolute Gasteiger partial charge is 0.360 e. The molecule has 1 unspecified atom stereocenters. The number of carbonyl (C=O) groups excluding carboxylic acids is 1. The molecule has 1 atom stereocenters. The Hall–Kier alpha value is -1.96. The second-order valence-electron chi connectivity index (χ2n) is 5.28. The average Bonchev–Trinajstić information content (AvgIpc) is 2.73. The number of nitrogens with zero attached hydrogens (tertiary/aromatic N) is 2. The van der Waals surface area contributed by atoms with Gasteiger partial charge >= 0.3 is 11.9 Å². The van der Waals surface area contributed by atoms with Crippen LogP contribution in [-0.2, 0) is 19.2 Å². The van der Waals surface area contributed by atoms with Gasteiger partial charge in [-0.3, -0.25) is 0 Å². The molecule has 1 N–H and O–H groups in total. The number of rotatable bonds is 5. The van der Waals surface area contributed by atoms with Gasteiger partial charge in [-0.05, 0) is 34.6 Å². The summed E-state index contributed by atoms with van der Waals surface area (Å²) >= 11 is 1.30. The second kappa shape index (κ2) is 6.66. The highest BCUT2D eigenvalue weighted by molar-refractivity contribution is 7.09. The number of thiazole rings is 1. The molecule has 0 amide bonds. The molecule has 0 aromatic carbocycles. The fourth-order valence-corrected chi connectivity index (χ4v) is 1.82. The van der Waals surface area contributed by atoms with Crippen molar-refractivity contribution >= 4 is 29.0 Å². The van der Waals surface area contributed by atoms with Gasteiger partial charge in [-0.25, -0.2) is 14.6 Å². The zero-order chi connectivity index (χ0) is 16.2. The maximum atomic E-state index is 11.7. The number of carboxylic acid groups (broad SMARTS) is 1. The Morgan fingerprint density at radius 1 is 1.43 bits per heavy atom. The summed E-state index contributed by atoms with van der Waals surface area (Å²) in [6.45, 7) is 8.35. The summed E-state index contributed by atoms with van der Waals surface area (Å²) in [4.78, 5) is 31.8. The fraction of sp³-hybridized carbons (Fsp3) is 0.538. The minimum Gasteiger partial charge on any atom is -0.476 e. The monoisotopic (exact) mass is 314 g/mol. The van der Waals surface area contributed by atoms with Crippen LogP contribution in [0.1, 0.15) is 38.4 Å². The first kappa shape index (κ1) is 17.1. The van der Waals surface area contributed by atoms with E-state index < -0.39 is 23.6 Å². The molecule has 1 heterocycles. The lowest BCUT2D eigenvalue weighted by atomic mass is 10.2. The maximum absolute atomic E-state index is 11.7. The third kappa shape index (κ3) is 5.50. The molecule has 1 aromatic rings. The van der Waals surface area contributed by atoms with Crippen molar-refractivity contribution in [3.63, 3.8) is 0 Å². The summed E-state index contributed by atoms with van der Waals surface area (Å²) < 4.78 is 5.11. The van der Waals surface area contributed by atoms with Crippen LogP contribution >= 0.6 is 11.3 Å². The molecule has 116 valence electrons. The zero-order valence-electron chi connectivity index (χ0n) is 12.5. The van der Waals surface area contributed by atoms with Crippen molar-refractivity contribution in [2.45, 2.75) is 46.3 Å². The molecule has 0 saturated heterocycles. The standard InChI is InChI=1S/C13H18N2O5S/c1-7(12(18)19-13(3,4)5)20-15-10(11(16)17)9-6-21-8(2)14-9/h6-7H,1-5H3,(H,16,17)/b15-10-. The van der Waals surface area contributed by atoms with Crippen molar-refractivity contribution in [3.05, 3.63) is 16.1 Å². The van der Waals surface area contributed by atoms with Crippen molar-refractivity contribution in [2.75, 3.05) is 0 Å². The number of hydrogen-bond donors (Lipinski definition) is 1. The lowest BCUT2D eigenvalue weighted by molar-refractivity contribution is -0.167. The molecule has 0 fully saturated rings. The summed E-state index contributed by atoms with van der Waals surface area (Å²) in [5.41, 5.74) is -0.809. The van der Waals surface area contributed by atoms with Gasteiger partial charge in [-0.1, -0.05) is 5.16 Å². The normalized spacial score (nSPS) is 13.7. The maximum Gasteiger partial charge on any atom is 0.360 e. The van der Waals surface area contributed by atoms with Gasteiger partial charge in [0.15, 0.2) is 0 Å².